The summed E-state index contributed by atoms with van der Waals surface area (Å²) in [7, 11) is -3.38. The van der Waals surface area contributed by atoms with E-state index in [1.807, 2.05) is 90.1 Å². The van der Waals surface area contributed by atoms with Gasteiger partial charge >= 0.3 is 23.4 Å². The number of nitrogens with two attached hydrogens (primary N) is 2. The molecule has 0 aliphatic heterocycles. The zero-order chi connectivity index (χ0) is 47.3. The van der Waals surface area contributed by atoms with Gasteiger partial charge in [-0.3, -0.25) is 9.13 Å². The Morgan fingerprint density at radius 3 is 1.22 bits per heavy atom. The van der Waals surface area contributed by atoms with E-state index in [1.165, 1.54) is 18.9 Å². The summed E-state index contributed by atoms with van der Waals surface area (Å²) in [5, 5.41) is -0.456. The van der Waals surface area contributed by atoms with Crippen LogP contribution in [0.5, 0.6) is 0 Å². The number of benzene rings is 2. The van der Waals surface area contributed by atoms with Crippen molar-refractivity contribution in [1.29, 1.82) is 9.56 Å². The monoisotopic (exact) mass is 918 g/mol. The highest BCUT2D eigenvalue weighted by molar-refractivity contribution is 7.92. The standard InChI is InChI=1S/2C21H29N7O3S/c2*1-5-11-26(4)20(29)28-16-17(22)24-19(32(23,31)12-6-2)25-18(16)27(21(28)30)13-15-9-7-14(3)8-10-15/h2*7-10,23H,5-6,11-13H2,1-4H3,(H2,22,24,25)/t2*32-/m10/s1. The predicted octanol–water partition coefficient (Wildman–Crippen LogP) is 5.31. The topological polar surface area (TPSA) is 280 Å². The van der Waals surface area contributed by atoms with Crippen LogP contribution in [0, 0.1) is 23.4 Å². The number of nitrogens with zero attached hydrogens (tertiary/aromatic N) is 10. The molecule has 2 aromatic carbocycles. The minimum atomic E-state index is -3.29. The fourth-order valence-electron chi connectivity index (χ4n) is 6.95. The van der Waals surface area contributed by atoms with Gasteiger partial charge in [-0.05, 0) is 50.7 Å². The van der Waals surface area contributed by atoms with E-state index in [0.717, 1.165) is 31.4 Å². The largest absolute Gasteiger partial charge is 0.382 e. The molecule has 0 fully saturated rings. The van der Waals surface area contributed by atoms with Crippen molar-refractivity contribution in [2.75, 3.05) is 50.2 Å². The molecule has 6 rings (SSSR count). The molecular formula is C42H58N14O6S2. The third-order valence-electron chi connectivity index (χ3n) is 10.2. The lowest BCUT2D eigenvalue weighted by Gasteiger charge is -2.16. The molecule has 0 aliphatic carbocycles. The molecule has 64 heavy (non-hydrogen) atoms. The summed E-state index contributed by atoms with van der Waals surface area (Å²) in [6.45, 7) is 12.6. The second-order valence-corrected chi connectivity index (χ2v) is 19.9. The molecule has 0 saturated carbocycles. The maximum atomic E-state index is 13.4. The van der Waals surface area contributed by atoms with Gasteiger partial charge in [-0.2, -0.15) is 9.97 Å². The van der Waals surface area contributed by atoms with E-state index in [9.17, 15) is 27.6 Å². The number of amides is 2. The van der Waals surface area contributed by atoms with Crippen LogP contribution in [0.15, 0.2) is 68.4 Å². The molecule has 0 saturated heterocycles. The first-order valence-corrected chi connectivity index (χ1v) is 24.4. The van der Waals surface area contributed by atoms with Crippen LogP contribution in [0.25, 0.3) is 22.3 Å². The number of aromatic nitrogens is 8. The number of carbonyl (C=O) groups is 2. The lowest BCUT2D eigenvalue weighted by molar-refractivity contribution is 0.210. The molecule has 6 N–H and O–H groups in total. The van der Waals surface area contributed by atoms with Crippen molar-refractivity contribution in [2.24, 2.45) is 0 Å². The van der Waals surface area contributed by atoms with Crippen LogP contribution in [-0.4, -0.2) is 107 Å². The zero-order valence-corrected chi connectivity index (χ0v) is 39.2. The van der Waals surface area contributed by atoms with Gasteiger partial charge in [0.25, 0.3) is 0 Å². The molecule has 0 radical (unpaired) electrons. The third-order valence-corrected chi connectivity index (χ3v) is 13.7. The number of nitrogens with one attached hydrogen (secondary N) is 2. The maximum Gasteiger partial charge on any atom is 0.339 e. The predicted molar refractivity (Wildman–Crippen MR) is 249 cm³/mol. The van der Waals surface area contributed by atoms with E-state index < -0.39 is 42.9 Å². The van der Waals surface area contributed by atoms with Crippen molar-refractivity contribution < 1.29 is 18.0 Å². The zero-order valence-electron chi connectivity index (χ0n) is 37.6. The van der Waals surface area contributed by atoms with Gasteiger partial charge in [0, 0.05) is 38.7 Å². The smallest absolute Gasteiger partial charge is 0.339 e. The number of hydrogen-bond acceptors (Lipinski definition) is 14. The molecule has 2 amide bonds. The highest BCUT2D eigenvalue weighted by Crippen LogP contribution is 2.24. The van der Waals surface area contributed by atoms with Gasteiger partial charge < -0.3 is 21.3 Å². The summed E-state index contributed by atoms with van der Waals surface area (Å²) in [6, 6.07) is 14.1. The van der Waals surface area contributed by atoms with Gasteiger partial charge in [0.05, 0.1) is 13.1 Å². The molecular weight excluding hydrogens is 861 g/mol. The van der Waals surface area contributed by atoms with Gasteiger partial charge in [-0.15, -0.1) is 0 Å². The van der Waals surface area contributed by atoms with Gasteiger partial charge in [0.1, 0.15) is 30.5 Å². The molecule has 4 aromatic heterocycles. The first-order chi connectivity index (χ1) is 30.2. The molecule has 4 heterocycles. The normalized spacial score (nSPS) is 13.2. The number of hydrogen-bond donors (Lipinski definition) is 4. The second kappa shape index (κ2) is 20.0. The Kier molecular flexibility index (Phi) is 15.2. The van der Waals surface area contributed by atoms with Crippen LogP contribution in [-0.2, 0) is 32.5 Å². The minimum absolute atomic E-state index is 0.0607. The van der Waals surface area contributed by atoms with E-state index in [-0.39, 0.29) is 68.9 Å². The highest BCUT2D eigenvalue weighted by atomic mass is 32.2. The van der Waals surface area contributed by atoms with Crippen LogP contribution >= 0.6 is 0 Å². The highest BCUT2D eigenvalue weighted by Gasteiger charge is 2.29. The SMILES string of the molecule is CCCN(C)C(=O)n1c(=O)n(Cc2ccc(C)cc2)c2nc([S@@](=N)(=O)CCC)nc(N)c21.CCCN(C)C(=O)n1c(=O)n(Cc2ccc(C)cc2)c2nc([S@](=N)(=O)CCC)nc(N)c21. The summed E-state index contributed by atoms with van der Waals surface area (Å²) in [5.74, 6) is -0.170. The van der Waals surface area contributed by atoms with Crippen LogP contribution < -0.4 is 22.8 Å². The molecule has 6 aromatic rings. The minimum Gasteiger partial charge on any atom is -0.382 e. The summed E-state index contributed by atoms with van der Waals surface area (Å²) in [4.78, 5) is 72.6. The van der Waals surface area contributed by atoms with Crippen molar-refractivity contribution in [2.45, 2.75) is 90.6 Å². The van der Waals surface area contributed by atoms with Crippen LogP contribution in [0.3, 0.4) is 0 Å². The first-order valence-electron chi connectivity index (χ1n) is 20.9. The summed E-state index contributed by atoms with van der Waals surface area (Å²) >= 11 is 0. The average Bonchev–Trinajstić information content (AvgIpc) is 3.68. The number of carbonyl (C=O) groups excluding carboxylic acids is 2. The molecule has 0 unspecified atom stereocenters. The summed E-state index contributed by atoms with van der Waals surface area (Å²) < 4.78 is 46.6. The van der Waals surface area contributed by atoms with E-state index in [1.54, 1.807) is 14.1 Å². The number of imidazole rings is 2. The number of anilines is 2. The van der Waals surface area contributed by atoms with Crippen molar-refractivity contribution in [3.8, 4) is 0 Å². The quantitative estimate of drug-likeness (QED) is 0.101. The third kappa shape index (κ3) is 10.2. The molecule has 344 valence electrons. The summed E-state index contributed by atoms with van der Waals surface area (Å²) in [6.07, 6.45) is 2.43. The lowest BCUT2D eigenvalue weighted by atomic mass is 10.1. The van der Waals surface area contributed by atoms with Gasteiger partial charge in [0.15, 0.2) is 22.9 Å². The molecule has 0 spiro atoms. The Morgan fingerprint density at radius 1 is 0.594 bits per heavy atom. The van der Waals surface area contributed by atoms with Crippen molar-refractivity contribution in [3.05, 3.63) is 91.8 Å². The van der Waals surface area contributed by atoms with Crippen LogP contribution in [0.2, 0.25) is 0 Å². The Balaban J connectivity index is 0.000000241. The average molecular weight is 919 g/mol. The summed E-state index contributed by atoms with van der Waals surface area (Å²) in [5.41, 5.74) is 15.2. The number of nitrogen functional groups attached to an aromatic ring is 2. The Bertz CT molecular complexity index is 2820. The molecule has 22 heteroatoms. The van der Waals surface area contributed by atoms with Crippen LogP contribution in [0.1, 0.15) is 75.6 Å². The van der Waals surface area contributed by atoms with Crippen LogP contribution in [0.4, 0.5) is 21.2 Å². The Labute approximate surface area is 372 Å². The van der Waals surface area contributed by atoms with Gasteiger partial charge in [0.2, 0.25) is 10.3 Å². The van der Waals surface area contributed by atoms with Gasteiger partial charge in [-0.1, -0.05) is 87.4 Å². The maximum absolute atomic E-state index is 13.4. The van der Waals surface area contributed by atoms with E-state index in [2.05, 4.69) is 19.9 Å². The first kappa shape index (κ1) is 48.6. The number of rotatable bonds is 14. The number of aryl methyl sites for hydroxylation is 2. The van der Waals surface area contributed by atoms with Gasteiger partial charge in [-0.25, -0.2) is 56.3 Å². The number of fused-ring (bicyclic) bond motifs is 2. The second-order valence-electron chi connectivity index (χ2n) is 15.7. The van der Waals surface area contributed by atoms with E-state index >= 15 is 0 Å². The Morgan fingerprint density at radius 2 is 0.922 bits per heavy atom. The lowest BCUT2D eigenvalue weighted by Crippen LogP contribution is -2.38. The molecule has 0 aliphatic rings. The van der Waals surface area contributed by atoms with Crippen molar-refractivity contribution >= 4 is 65.5 Å². The fourth-order valence-corrected chi connectivity index (χ4v) is 9.42. The van der Waals surface area contributed by atoms with E-state index in [0.29, 0.717) is 38.8 Å². The Hall–Kier alpha value is -6.42. The van der Waals surface area contributed by atoms with Crippen molar-refractivity contribution in [3.63, 3.8) is 0 Å². The van der Waals surface area contributed by atoms with Crippen molar-refractivity contribution in [1.82, 2.24) is 48.0 Å². The molecule has 20 nitrogen and oxygen atoms in total. The fraction of sp³-hybridized carbons (Fsp3) is 0.429. The molecule has 2 atom stereocenters. The molecule has 0 bridgehead atoms. The van der Waals surface area contributed by atoms with E-state index in [4.69, 9.17) is 21.0 Å².